The van der Waals surface area contributed by atoms with Crippen LogP contribution in [0.15, 0.2) is 48.5 Å². The minimum atomic E-state index is -3.01. The second kappa shape index (κ2) is 9.37. The van der Waals surface area contributed by atoms with Crippen LogP contribution in [0.2, 0.25) is 0 Å². The fourth-order valence-corrected chi connectivity index (χ4v) is 1.99. The van der Waals surface area contributed by atoms with Gasteiger partial charge in [0.2, 0.25) is 11.8 Å². The molecule has 5 nitrogen and oxygen atoms in total. The fourth-order valence-electron chi connectivity index (χ4n) is 1.99. The molecule has 27 heavy (non-hydrogen) atoms. The van der Waals surface area contributed by atoms with Crippen molar-refractivity contribution < 1.29 is 31.9 Å². The summed E-state index contributed by atoms with van der Waals surface area (Å²) in [7, 11) is 0. The van der Waals surface area contributed by atoms with Crippen LogP contribution in [0.1, 0.15) is 5.56 Å². The van der Waals surface area contributed by atoms with E-state index >= 15 is 0 Å². The molecule has 0 spiro atoms. The highest BCUT2D eigenvalue weighted by molar-refractivity contribution is 5.98. The van der Waals surface area contributed by atoms with E-state index in [2.05, 4.69) is 15.4 Å². The van der Waals surface area contributed by atoms with Gasteiger partial charge in [0.15, 0.2) is 11.6 Å². The molecule has 2 N–H and O–H groups in total. The number of halogens is 4. The molecule has 2 aromatic rings. The SMILES string of the molecule is O=C(/C=C/c1ccccc1OC(F)F)NCC(=O)Nc1ccc(F)c(F)c1. The van der Waals surface area contributed by atoms with Gasteiger partial charge < -0.3 is 15.4 Å². The molecular weight excluding hydrogens is 368 g/mol. The molecule has 0 saturated heterocycles. The highest BCUT2D eigenvalue weighted by atomic mass is 19.3. The molecule has 0 fully saturated rings. The van der Waals surface area contributed by atoms with Gasteiger partial charge in [0.05, 0.1) is 6.54 Å². The predicted octanol–water partition coefficient (Wildman–Crippen LogP) is 3.33. The van der Waals surface area contributed by atoms with Gasteiger partial charge in [-0.25, -0.2) is 8.78 Å². The van der Waals surface area contributed by atoms with Crippen molar-refractivity contribution >= 4 is 23.6 Å². The lowest BCUT2D eigenvalue weighted by Crippen LogP contribution is -2.31. The Bertz CT molecular complexity index is 856. The Kier molecular flexibility index (Phi) is 6.93. The molecule has 2 aromatic carbocycles. The molecule has 9 heteroatoms. The molecule has 0 atom stereocenters. The van der Waals surface area contributed by atoms with Gasteiger partial charge in [0, 0.05) is 23.4 Å². The number of benzene rings is 2. The van der Waals surface area contributed by atoms with Crippen molar-refractivity contribution in [3.05, 3.63) is 65.7 Å². The van der Waals surface area contributed by atoms with Crippen LogP contribution in [-0.4, -0.2) is 25.0 Å². The van der Waals surface area contributed by atoms with E-state index in [1.807, 2.05) is 0 Å². The van der Waals surface area contributed by atoms with Crippen LogP contribution in [-0.2, 0) is 9.59 Å². The van der Waals surface area contributed by atoms with Gasteiger partial charge in [-0.3, -0.25) is 9.59 Å². The number of hydrogen-bond acceptors (Lipinski definition) is 3. The second-order valence-electron chi connectivity index (χ2n) is 5.14. The van der Waals surface area contributed by atoms with Crippen LogP contribution in [0.5, 0.6) is 5.75 Å². The van der Waals surface area contributed by atoms with Crippen LogP contribution >= 0.6 is 0 Å². The third-order valence-corrected chi connectivity index (χ3v) is 3.18. The molecule has 0 aromatic heterocycles. The van der Waals surface area contributed by atoms with Crippen molar-refractivity contribution in [2.75, 3.05) is 11.9 Å². The summed E-state index contributed by atoms with van der Waals surface area (Å²) >= 11 is 0. The first kappa shape index (κ1) is 20.0. The molecule has 2 rings (SSSR count). The molecule has 0 radical (unpaired) electrons. The van der Waals surface area contributed by atoms with Crippen LogP contribution in [0.25, 0.3) is 6.08 Å². The van der Waals surface area contributed by atoms with Gasteiger partial charge in [-0.05, 0) is 24.3 Å². The lowest BCUT2D eigenvalue weighted by atomic mass is 10.2. The van der Waals surface area contributed by atoms with Gasteiger partial charge in [-0.1, -0.05) is 18.2 Å². The van der Waals surface area contributed by atoms with E-state index < -0.39 is 36.6 Å². The number of carbonyl (C=O) groups is 2. The summed E-state index contributed by atoms with van der Waals surface area (Å²) in [6, 6.07) is 8.68. The minimum Gasteiger partial charge on any atom is -0.434 e. The third-order valence-electron chi connectivity index (χ3n) is 3.18. The molecule has 0 bridgehead atoms. The van der Waals surface area contributed by atoms with E-state index in [-0.39, 0.29) is 17.0 Å². The van der Waals surface area contributed by atoms with Gasteiger partial charge in [-0.15, -0.1) is 0 Å². The highest BCUT2D eigenvalue weighted by Crippen LogP contribution is 2.21. The summed E-state index contributed by atoms with van der Waals surface area (Å²) in [6.45, 7) is -3.44. The van der Waals surface area contributed by atoms with Crippen molar-refractivity contribution in [2.24, 2.45) is 0 Å². The van der Waals surface area contributed by atoms with Crippen LogP contribution in [0, 0.1) is 11.6 Å². The molecule has 0 aliphatic carbocycles. The molecule has 0 aliphatic heterocycles. The van der Waals surface area contributed by atoms with Crippen LogP contribution in [0.3, 0.4) is 0 Å². The Morgan fingerprint density at radius 1 is 1.07 bits per heavy atom. The van der Waals surface area contributed by atoms with E-state index in [4.69, 9.17) is 0 Å². The zero-order valence-electron chi connectivity index (χ0n) is 13.7. The highest BCUT2D eigenvalue weighted by Gasteiger charge is 2.09. The predicted molar refractivity (Wildman–Crippen MR) is 90.1 cm³/mol. The summed E-state index contributed by atoms with van der Waals surface area (Å²) in [5.74, 6) is -3.61. The quantitative estimate of drug-likeness (QED) is 0.570. The number of rotatable bonds is 7. The molecule has 0 aliphatic rings. The Hall–Kier alpha value is -3.36. The largest absolute Gasteiger partial charge is 0.434 e. The number of para-hydroxylation sites is 1. The Morgan fingerprint density at radius 2 is 1.81 bits per heavy atom. The third kappa shape index (κ3) is 6.46. The second-order valence-corrected chi connectivity index (χ2v) is 5.14. The normalized spacial score (nSPS) is 10.9. The number of anilines is 1. The monoisotopic (exact) mass is 382 g/mol. The van der Waals surface area contributed by atoms with Crippen molar-refractivity contribution in [2.45, 2.75) is 6.61 Å². The average Bonchev–Trinajstić information content (AvgIpc) is 2.62. The van der Waals surface area contributed by atoms with Gasteiger partial charge in [0.1, 0.15) is 5.75 Å². The first-order valence-corrected chi connectivity index (χ1v) is 7.60. The average molecular weight is 382 g/mol. The van der Waals surface area contributed by atoms with Crippen molar-refractivity contribution in [1.29, 1.82) is 0 Å². The number of alkyl halides is 2. The maximum atomic E-state index is 13.1. The molecule has 0 unspecified atom stereocenters. The number of hydrogen-bond donors (Lipinski definition) is 2. The molecular formula is C18H14F4N2O3. The zero-order valence-corrected chi connectivity index (χ0v) is 13.7. The van der Waals surface area contributed by atoms with Crippen LogP contribution in [0.4, 0.5) is 23.2 Å². The van der Waals surface area contributed by atoms with Gasteiger partial charge >= 0.3 is 6.61 Å². The Balaban J connectivity index is 1.87. The first-order valence-electron chi connectivity index (χ1n) is 7.60. The van der Waals surface area contributed by atoms with Crippen LogP contribution < -0.4 is 15.4 Å². The summed E-state index contributed by atoms with van der Waals surface area (Å²) in [5, 5.41) is 4.55. The molecule has 0 saturated carbocycles. The molecule has 2 amide bonds. The number of amides is 2. The van der Waals surface area contributed by atoms with Crippen molar-refractivity contribution in [1.82, 2.24) is 5.32 Å². The Morgan fingerprint density at radius 3 is 2.52 bits per heavy atom. The summed E-state index contributed by atoms with van der Waals surface area (Å²) < 4.78 is 54.8. The first-order chi connectivity index (χ1) is 12.8. The van der Waals surface area contributed by atoms with E-state index in [0.29, 0.717) is 0 Å². The summed E-state index contributed by atoms with van der Waals surface area (Å²) in [4.78, 5) is 23.4. The maximum Gasteiger partial charge on any atom is 0.387 e. The van der Waals surface area contributed by atoms with Crippen molar-refractivity contribution in [3.63, 3.8) is 0 Å². The minimum absolute atomic E-state index is 0.0294. The fraction of sp³-hybridized carbons (Fsp3) is 0.111. The lowest BCUT2D eigenvalue weighted by molar-refractivity contribution is -0.121. The number of carbonyl (C=O) groups excluding carboxylic acids is 2. The lowest BCUT2D eigenvalue weighted by Gasteiger charge is -2.07. The molecule has 142 valence electrons. The van der Waals surface area contributed by atoms with Crippen molar-refractivity contribution in [3.8, 4) is 5.75 Å². The topological polar surface area (TPSA) is 67.4 Å². The number of nitrogens with one attached hydrogen (secondary N) is 2. The van der Waals surface area contributed by atoms with E-state index in [0.717, 1.165) is 24.3 Å². The van der Waals surface area contributed by atoms with E-state index in [9.17, 15) is 27.2 Å². The number of ether oxygens (including phenoxy) is 1. The van der Waals surface area contributed by atoms with Gasteiger partial charge in [-0.2, -0.15) is 8.78 Å². The summed E-state index contributed by atoms with van der Waals surface area (Å²) in [5.41, 5.74) is 0.279. The molecule has 0 heterocycles. The zero-order chi connectivity index (χ0) is 19.8. The smallest absolute Gasteiger partial charge is 0.387 e. The Labute approximate surface area is 151 Å². The standard InChI is InChI=1S/C18H14F4N2O3/c19-13-7-6-12(9-14(13)20)24-17(26)10-23-16(25)8-5-11-3-1-2-4-15(11)27-18(21)22/h1-9,18H,10H2,(H,23,25)(H,24,26)/b8-5+. The van der Waals surface area contributed by atoms with Gasteiger partial charge in [0.25, 0.3) is 0 Å². The van der Waals surface area contributed by atoms with E-state index in [1.165, 1.54) is 24.3 Å². The van der Waals surface area contributed by atoms with E-state index in [1.54, 1.807) is 6.07 Å². The summed E-state index contributed by atoms with van der Waals surface area (Å²) in [6.07, 6.45) is 2.29. The maximum absolute atomic E-state index is 13.1.